The number of aliphatic hydroxyl groups is 1. The minimum Gasteiger partial charge on any atom is -0.384 e. The number of amides is 2. The number of urea groups is 1. The summed E-state index contributed by atoms with van der Waals surface area (Å²) in [4.78, 5) is 19.1. The standard InChI is InChI=1S/C19H27N5O3S2/c1-11-16(14-6-4-5-12(14)9-24(11)13-7-8-13)22-17(25)23-29(20,27)18-21-15(10-28-18)19(2,3)26/h10,13,26H,4-9H2,1-3H3,(H3,20,22,23,25,27). The molecule has 2 heterocycles. The summed E-state index contributed by atoms with van der Waals surface area (Å²) in [6.45, 7) is 6.11. The second-order valence-corrected chi connectivity index (χ2v) is 11.2. The molecule has 0 saturated heterocycles. The lowest BCUT2D eigenvalue weighted by atomic mass is 10.0. The Morgan fingerprint density at radius 2 is 2.17 bits per heavy atom. The van der Waals surface area contributed by atoms with Crippen LogP contribution in [0.5, 0.6) is 0 Å². The molecule has 1 fully saturated rings. The third-order valence-electron chi connectivity index (χ3n) is 5.59. The van der Waals surface area contributed by atoms with Crippen LogP contribution >= 0.6 is 11.3 Å². The SMILES string of the molecule is CC1=C(NC(=O)N=S(N)(=O)c2nc(C(C)(C)O)cs2)C2=C(CCC2)CN1C1CC1. The van der Waals surface area contributed by atoms with E-state index in [1.54, 1.807) is 19.2 Å². The van der Waals surface area contributed by atoms with E-state index in [4.69, 9.17) is 5.14 Å². The fourth-order valence-corrected chi connectivity index (χ4v) is 6.00. The first-order chi connectivity index (χ1) is 13.6. The van der Waals surface area contributed by atoms with E-state index in [1.165, 1.54) is 24.0 Å². The molecule has 1 saturated carbocycles. The van der Waals surface area contributed by atoms with Crippen molar-refractivity contribution in [1.29, 1.82) is 0 Å². The molecule has 0 aromatic carbocycles. The molecule has 29 heavy (non-hydrogen) atoms. The number of carbonyl (C=O) groups is 1. The van der Waals surface area contributed by atoms with Crippen LogP contribution in [0.15, 0.2) is 36.6 Å². The smallest absolute Gasteiger partial charge is 0.355 e. The fourth-order valence-electron chi connectivity index (χ4n) is 3.89. The van der Waals surface area contributed by atoms with Gasteiger partial charge in [0.1, 0.15) is 5.60 Å². The van der Waals surface area contributed by atoms with Crippen LogP contribution < -0.4 is 10.5 Å². The number of nitrogens with two attached hydrogens (primary N) is 1. The van der Waals surface area contributed by atoms with Gasteiger partial charge in [0.2, 0.25) is 4.34 Å². The van der Waals surface area contributed by atoms with Crippen molar-refractivity contribution in [2.45, 2.75) is 68.9 Å². The molecule has 8 nitrogen and oxygen atoms in total. The molecule has 10 heteroatoms. The van der Waals surface area contributed by atoms with Gasteiger partial charge in [0.05, 0.1) is 11.4 Å². The normalized spacial score (nSPS) is 21.9. The van der Waals surface area contributed by atoms with Crippen molar-refractivity contribution in [3.63, 3.8) is 0 Å². The van der Waals surface area contributed by atoms with Crippen LogP contribution in [0.4, 0.5) is 4.79 Å². The quantitative estimate of drug-likeness (QED) is 0.669. The van der Waals surface area contributed by atoms with Gasteiger partial charge in [-0.3, -0.25) is 0 Å². The van der Waals surface area contributed by atoms with Crippen molar-refractivity contribution in [1.82, 2.24) is 15.2 Å². The van der Waals surface area contributed by atoms with Gasteiger partial charge in [-0.25, -0.2) is 19.1 Å². The van der Waals surface area contributed by atoms with Crippen LogP contribution in [0.2, 0.25) is 0 Å². The maximum atomic E-state index is 12.9. The van der Waals surface area contributed by atoms with Gasteiger partial charge in [-0.1, -0.05) is 0 Å². The summed E-state index contributed by atoms with van der Waals surface area (Å²) < 4.78 is 16.6. The van der Waals surface area contributed by atoms with Crippen LogP contribution in [0.25, 0.3) is 0 Å². The van der Waals surface area contributed by atoms with E-state index in [0.717, 1.165) is 48.5 Å². The molecule has 1 atom stereocenters. The van der Waals surface area contributed by atoms with Gasteiger partial charge in [-0.15, -0.1) is 15.7 Å². The van der Waals surface area contributed by atoms with Crippen LogP contribution in [0.3, 0.4) is 0 Å². The third-order valence-corrected chi connectivity index (χ3v) is 8.25. The number of hydrogen-bond donors (Lipinski definition) is 3. The second kappa shape index (κ2) is 7.19. The number of hydrogen-bond acceptors (Lipinski definition) is 6. The maximum absolute atomic E-state index is 12.9. The highest BCUT2D eigenvalue weighted by molar-refractivity contribution is 7.93. The number of nitrogens with zero attached hydrogens (tertiary/aromatic N) is 3. The van der Waals surface area contributed by atoms with Crippen LogP contribution in [-0.4, -0.2) is 37.8 Å². The molecular weight excluding hydrogens is 410 g/mol. The van der Waals surface area contributed by atoms with Gasteiger partial charge in [0, 0.05) is 23.7 Å². The Kier molecular flexibility index (Phi) is 5.09. The first-order valence-electron chi connectivity index (χ1n) is 9.79. The molecule has 4 N–H and O–H groups in total. The summed E-state index contributed by atoms with van der Waals surface area (Å²) in [5.41, 5.74) is 3.55. The third kappa shape index (κ3) is 4.11. The van der Waals surface area contributed by atoms with Crippen molar-refractivity contribution in [3.8, 4) is 0 Å². The molecule has 0 radical (unpaired) electrons. The van der Waals surface area contributed by atoms with Crippen molar-refractivity contribution in [2.75, 3.05) is 6.54 Å². The molecule has 158 valence electrons. The van der Waals surface area contributed by atoms with E-state index in [0.29, 0.717) is 11.7 Å². The van der Waals surface area contributed by atoms with Crippen molar-refractivity contribution in [2.24, 2.45) is 9.50 Å². The molecule has 1 aromatic rings. The summed E-state index contributed by atoms with van der Waals surface area (Å²) in [5, 5.41) is 20.3. The van der Waals surface area contributed by atoms with E-state index >= 15 is 0 Å². The molecule has 2 amide bonds. The predicted molar refractivity (Wildman–Crippen MR) is 112 cm³/mol. The molecule has 1 aromatic heterocycles. The summed E-state index contributed by atoms with van der Waals surface area (Å²) in [6, 6.07) is -0.189. The number of nitrogens with one attached hydrogen (secondary N) is 1. The van der Waals surface area contributed by atoms with Crippen LogP contribution in [-0.2, 0) is 15.5 Å². The largest absolute Gasteiger partial charge is 0.384 e. The molecule has 4 rings (SSSR count). The summed E-state index contributed by atoms with van der Waals surface area (Å²) >= 11 is 1.03. The highest BCUT2D eigenvalue weighted by atomic mass is 32.2. The molecular formula is C19H27N5O3S2. The van der Waals surface area contributed by atoms with Gasteiger partial charge in [-0.2, -0.15) is 0 Å². The zero-order valence-corrected chi connectivity index (χ0v) is 18.5. The lowest BCUT2D eigenvalue weighted by molar-refractivity contribution is 0.0741. The van der Waals surface area contributed by atoms with Gasteiger partial charge < -0.3 is 15.3 Å². The second-order valence-electron chi connectivity index (χ2n) is 8.40. The highest BCUT2D eigenvalue weighted by Crippen LogP contribution is 2.41. The van der Waals surface area contributed by atoms with E-state index < -0.39 is 21.5 Å². The fraction of sp³-hybridized carbons (Fsp3) is 0.579. The number of aromatic nitrogens is 1. The summed E-state index contributed by atoms with van der Waals surface area (Å²) in [5.74, 6) is 0. The van der Waals surface area contributed by atoms with Crippen molar-refractivity contribution >= 4 is 27.3 Å². The van der Waals surface area contributed by atoms with Crippen molar-refractivity contribution in [3.05, 3.63) is 33.6 Å². The Labute approximate surface area is 175 Å². The molecule has 3 aliphatic rings. The number of rotatable bonds is 4. The molecule has 1 aliphatic heterocycles. The van der Waals surface area contributed by atoms with Crippen LogP contribution in [0, 0.1) is 0 Å². The minimum atomic E-state index is -3.50. The highest BCUT2D eigenvalue weighted by Gasteiger charge is 2.36. The molecule has 0 spiro atoms. The average molecular weight is 438 g/mol. The first kappa shape index (κ1) is 20.5. The van der Waals surface area contributed by atoms with Crippen LogP contribution in [0.1, 0.15) is 58.6 Å². The Hall–Kier alpha value is -1.75. The molecule has 2 aliphatic carbocycles. The van der Waals surface area contributed by atoms with Gasteiger partial charge >= 0.3 is 6.03 Å². The maximum Gasteiger partial charge on any atom is 0.355 e. The van der Waals surface area contributed by atoms with Gasteiger partial charge in [0.25, 0.3) is 0 Å². The monoisotopic (exact) mass is 437 g/mol. The number of carbonyl (C=O) groups excluding carboxylic acids is 1. The minimum absolute atomic E-state index is 0.0273. The van der Waals surface area contributed by atoms with Crippen molar-refractivity contribution < 1.29 is 14.1 Å². The Balaban J connectivity index is 1.60. The topological polar surface area (TPSA) is 121 Å². The lowest BCUT2D eigenvalue weighted by Crippen LogP contribution is -2.35. The average Bonchev–Trinajstić information content (AvgIpc) is 3.13. The number of thiazole rings is 1. The molecule has 0 bridgehead atoms. The van der Waals surface area contributed by atoms with E-state index in [9.17, 15) is 14.1 Å². The first-order valence-corrected chi connectivity index (χ1v) is 12.2. The van der Waals surface area contributed by atoms with E-state index in [1.807, 2.05) is 6.92 Å². The Bertz CT molecular complexity index is 1040. The summed E-state index contributed by atoms with van der Waals surface area (Å²) in [7, 11) is -3.50. The Morgan fingerprint density at radius 1 is 1.45 bits per heavy atom. The zero-order chi connectivity index (χ0) is 21.0. The molecule has 1 unspecified atom stereocenters. The van der Waals surface area contributed by atoms with E-state index in [2.05, 4.69) is 19.6 Å². The summed E-state index contributed by atoms with van der Waals surface area (Å²) in [6.07, 6.45) is 5.42. The lowest BCUT2D eigenvalue weighted by Gasteiger charge is -2.33. The zero-order valence-electron chi connectivity index (χ0n) is 16.9. The Morgan fingerprint density at radius 3 is 2.79 bits per heavy atom. The van der Waals surface area contributed by atoms with Gasteiger partial charge in [0.15, 0.2) is 9.92 Å². The number of allylic oxidation sites excluding steroid dienone is 2. The van der Waals surface area contributed by atoms with Gasteiger partial charge in [-0.05, 0) is 64.0 Å². The predicted octanol–water partition coefficient (Wildman–Crippen LogP) is 2.97. The van der Waals surface area contributed by atoms with E-state index in [-0.39, 0.29) is 4.34 Å².